The predicted octanol–water partition coefficient (Wildman–Crippen LogP) is 5.42. The van der Waals surface area contributed by atoms with Gasteiger partial charge in [-0.25, -0.2) is 0 Å². The van der Waals surface area contributed by atoms with Crippen LogP contribution in [-0.4, -0.2) is 8.75 Å². The largest absolute Gasteiger partial charge is 0.450 e. The Morgan fingerprint density at radius 2 is 1.19 bits per heavy atom. The fourth-order valence-corrected chi connectivity index (χ4v) is 3.59. The van der Waals surface area contributed by atoms with Gasteiger partial charge in [0.2, 0.25) is 0 Å². The molecule has 0 bridgehead atoms. The molecule has 0 aliphatic rings. The number of furan rings is 2. The minimum absolute atomic E-state index is 0.803. The van der Waals surface area contributed by atoms with Crippen LogP contribution >= 0.6 is 56.9 Å². The maximum atomic E-state index is 5.70. The van der Waals surface area contributed by atoms with Crippen molar-refractivity contribution in [3.05, 3.63) is 43.9 Å². The van der Waals surface area contributed by atoms with Crippen molar-refractivity contribution in [1.29, 1.82) is 0 Å². The zero-order chi connectivity index (χ0) is 14.4. The minimum atomic E-state index is 0.803. The third kappa shape index (κ3) is 2.40. The van der Waals surface area contributed by atoms with Crippen molar-refractivity contribution in [2.24, 2.45) is 0 Å². The summed E-state index contributed by atoms with van der Waals surface area (Å²) >= 11 is 5.50. The number of aromatic nitrogens is 2. The molecule has 0 aliphatic heterocycles. The maximum Gasteiger partial charge on any atom is 0.164 e. The van der Waals surface area contributed by atoms with Crippen molar-refractivity contribution in [3.63, 3.8) is 0 Å². The quantitative estimate of drug-likeness (QED) is 0.332. The monoisotopic (exact) mass is 520 g/mol. The van der Waals surface area contributed by atoms with Gasteiger partial charge in [-0.3, -0.25) is 0 Å². The van der Waals surface area contributed by atoms with Crippen LogP contribution in [0.3, 0.4) is 0 Å². The molecule has 0 saturated carbocycles. The molecule has 0 radical (unpaired) electrons. The van der Waals surface area contributed by atoms with Crippen molar-refractivity contribution >= 4 is 67.9 Å². The highest BCUT2D eigenvalue weighted by Crippen LogP contribution is 2.36. The SMILES string of the molecule is Ic1ccc(-c2ccc(-c3ccc(I)o3)c3nsnc23)o1. The third-order valence-corrected chi connectivity index (χ3v) is 4.78. The van der Waals surface area contributed by atoms with E-state index in [2.05, 4.69) is 53.9 Å². The molecular weight excluding hydrogens is 514 g/mol. The van der Waals surface area contributed by atoms with E-state index in [4.69, 9.17) is 8.83 Å². The van der Waals surface area contributed by atoms with Crippen molar-refractivity contribution in [2.75, 3.05) is 0 Å². The standard InChI is InChI=1S/C14H6I2N2O2S/c15-11-5-3-9(19-11)7-1-2-8(10-4-6-12(16)20-10)14-13(7)17-21-18-14/h1-6H. The summed E-state index contributed by atoms with van der Waals surface area (Å²) in [5, 5.41) is 0. The number of hydrogen-bond acceptors (Lipinski definition) is 5. The Balaban J connectivity index is 1.96. The molecule has 0 amide bonds. The van der Waals surface area contributed by atoms with Crippen LogP contribution in [0.5, 0.6) is 0 Å². The van der Waals surface area contributed by atoms with Crippen LogP contribution in [0.25, 0.3) is 33.7 Å². The Morgan fingerprint density at radius 1 is 0.714 bits per heavy atom. The van der Waals surface area contributed by atoms with Crippen molar-refractivity contribution in [2.45, 2.75) is 0 Å². The average molecular weight is 520 g/mol. The maximum absolute atomic E-state index is 5.70. The number of nitrogens with zero attached hydrogens (tertiary/aromatic N) is 2. The Hall–Kier alpha value is -0.940. The molecule has 0 saturated heterocycles. The topological polar surface area (TPSA) is 52.1 Å². The fourth-order valence-electron chi connectivity index (χ4n) is 2.18. The first-order valence-corrected chi connectivity index (χ1v) is 8.88. The number of halogens is 2. The Labute approximate surface area is 151 Å². The molecule has 0 N–H and O–H groups in total. The number of benzene rings is 1. The minimum Gasteiger partial charge on any atom is -0.450 e. The third-order valence-electron chi connectivity index (χ3n) is 3.09. The lowest BCUT2D eigenvalue weighted by molar-refractivity contribution is 0.552. The van der Waals surface area contributed by atoms with Crippen molar-refractivity contribution < 1.29 is 8.83 Å². The first-order chi connectivity index (χ1) is 10.2. The van der Waals surface area contributed by atoms with Gasteiger partial charge in [-0.15, -0.1) is 0 Å². The average Bonchev–Trinajstić information content (AvgIpc) is 3.18. The lowest BCUT2D eigenvalue weighted by Gasteiger charge is -2.02. The van der Waals surface area contributed by atoms with Gasteiger partial charge in [0.1, 0.15) is 22.6 Å². The molecule has 4 rings (SSSR count). The van der Waals surface area contributed by atoms with Gasteiger partial charge in [0.25, 0.3) is 0 Å². The van der Waals surface area contributed by atoms with E-state index in [0.29, 0.717) is 0 Å². The molecule has 0 atom stereocenters. The lowest BCUT2D eigenvalue weighted by Crippen LogP contribution is -1.83. The van der Waals surface area contributed by atoms with E-state index in [9.17, 15) is 0 Å². The first kappa shape index (κ1) is 13.7. The molecule has 0 aliphatic carbocycles. The molecule has 3 heterocycles. The van der Waals surface area contributed by atoms with Gasteiger partial charge in [0.05, 0.1) is 11.7 Å². The molecule has 0 fully saturated rings. The summed E-state index contributed by atoms with van der Waals surface area (Å²) in [7, 11) is 0. The summed E-state index contributed by atoms with van der Waals surface area (Å²) in [6.45, 7) is 0. The van der Waals surface area contributed by atoms with Gasteiger partial charge in [0.15, 0.2) is 7.53 Å². The smallest absolute Gasteiger partial charge is 0.164 e. The molecule has 7 heteroatoms. The summed E-state index contributed by atoms with van der Waals surface area (Å²) in [5.41, 5.74) is 3.59. The fraction of sp³-hybridized carbons (Fsp3) is 0. The second-order valence-corrected chi connectivity index (χ2v) is 6.98. The highest BCUT2D eigenvalue weighted by molar-refractivity contribution is 14.1. The number of rotatable bonds is 2. The van der Waals surface area contributed by atoms with Crippen molar-refractivity contribution in [3.8, 4) is 22.6 Å². The molecular formula is C14H6I2N2O2S. The second kappa shape index (κ2) is 5.36. The van der Waals surface area contributed by atoms with Gasteiger partial charge in [-0.2, -0.15) is 8.75 Å². The summed E-state index contributed by atoms with van der Waals surface area (Å²) in [6, 6.07) is 11.8. The molecule has 4 aromatic rings. The van der Waals surface area contributed by atoms with Gasteiger partial charge in [-0.05, 0) is 81.6 Å². The van der Waals surface area contributed by atoms with Crippen LogP contribution in [-0.2, 0) is 0 Å². The predicted molar refractivity (Wildman–Crippen MR) is 98.3 cm³/mol. The summed E-state index contributed by atoms with van der Waals surface area (Å²) in [6.07, 6.45) is 0. The Bertz CT molecular complexity index is 867. The first-order valence-electron chi connectivity index (χ1n) is 5.99. The van der Waals surface area contributed by atoms with Gasteiger partial charge in [0, 0.05) is 11.1 Å². The van der Waals surface area contributed by atoms with E-state index in [1.165, 1.54) is 11.7 Å². The molecule has 4 nitrogen and oxygen atoms in total. The Morgan fingerprint density at radius 3 is 1.57 bits per heavy atom. The van der Waals surface area contributed by atoms with Gasteiger partial charge >= 0.3 is 0 Å². The normalized spacial score (nSPS) is 11.3. The van der Waals surface area contributed by atoms with Crippen LogP contribution in [0, 0.1) is 7.53 Å². The molecule has 104 valence electrons. The van der Waals surface area contributed by atoms with Crippen LogP contribution in [0.15, 0.2) is 45.2 Å². The van der Waals surface area contributed by atoms with E-state index in [0.717, 1.165) is 41.2 Å². The highest BCUT2D eigenvalue weighted by atomic mass is 127. The van der Waals surface area contributed by atoms with Gasteiger partial charge < -0.3 is 8.83 Å². The van der Waals surface area contributed by atoms with Crippen LogP contribution in [0.4, 0.5) is 0 Å². The molecule has 3 aromatic heterocycles. The van der Waals surface area contributed by atoms with E-state index in [1.807, 2.05) is 36.4 Å². The highest BCUT2D eigenvalue weighted by Gasteiger charge is 2.16. The summed E-state index contributed by atoms with van der Waals surface area (Å²) < 4.78 is 21.9. The summed E-state index contributed by atoms with van der Waals surface area (Å²) in [5.74, 6) is 1.61. The number of hydrogen-bond donors (Lipinski definition) is 0. The van der Waals surface area contributed by atoms with E-state index in [1.54, 1.807) is 0 Å². The zero-order valence-electron chi connectivity index (χ0n) is 10.3. The lowest BCUT2D eigenvalue weighted by atomic mass is 10.1. The second-order valence-electron chi connectivity index (χ2n) is 4.33. The van der Waals surface area contributed by atoms with Gasteiger partial charge in [-0.1, -0.05) is 0 Å². The van der Waals surface area contributed by atoms with Crippen LogP contribution in [0.2, 0.25) is 0 Å². The van der Waals surface area contributed by atoms with Crippen LogP contribution in [0.1, 0.15) is 0 Å². The van der Waals surface area contributed by atoms with Crippen LogP contribution < -0.4 is 0 Å². The van der Waals surface area contributed by atoms with E-state index >= 15 is 0 Å². The molecule has 0 spiro atoms. The summed E-state index contributed by atoms with van der Waals surface area (Å²) in [4.78, 5) is 0. The van der Waals surface area contributed by atoms with E-state index in [-0.39, 0.29) is 0 Å². The molecule has 21 heavy (non-hydrogen) atoms. The van der Waals surface area contributed by atoms with Crippen molar-refractivity contribution in [1.82, 2.24) is 8.75 Å². The number of fused-ring (bicyclic) bond motifs is 1. The molecule has 0 unspecified atom stereocenters. The zero-order valence-corrected chi connectivity index (χ0v) is 15.5. The van der Waals surface area contributed by atoms with E-state index < -0.39 is 0 Å². The molecule has 1 aromatic carbocycles. The Kier molecular flexibility index (Phi) is 3.50.